The molecule has 0 saturated heterocycles. The molecule has 0 aromatic carbocycles. The minimum Gasteiger partial charge on any atom is -0.481 e. The maximum atomic E-state index is 10.7. The van der Waals surface area contributed by atoms with Crippen molar-refractivity contribution in [3.05, 3.63) is 0 Å². The molecular weight excluding hydrogens is 360 g/mol. The highest BCUT2D eigenvalue weighted by Gasteiger charge is 2.14. The molecule has 1 atom stereocenters. The van der Waals surface area contributed by atoms with Crippen molar-refractivity contribution in [2.24, 2.45) is 16.5 Å². The van der Waals surface area contributed by atoms with Gasteiger partial charge in [0.2, 0.25) is 0 Å². The number of likely N-dealkylation sites (N-methyl/N-ethyl adjacent to an activating group) is 1. The third-order valence-electron chi connectivity index (χ3n) is 4.19. The van der Waals surface area contributed by atoms with Gasteiger partial charge in [-0.3, -0.25) is 14.6 Å². The highest BCUT2D eigenvalue weighted by atomic mass is 16.4. The van der Waals surface area contributed by atoms with Crippen molar-refractivity contribution >= 4 is 17.9 Å². The molecule has 166 valence electrons. The van der Waals surface area contributed by atoms with Gasteiger partial charge in [0.15, 0.2) is 5.96 Å². The predicted molar refractivity (Wildman–Crippen MR) is 114 cm³/mol. The molecule has 0 bridgehead atoms. The quantitative estimate of drug-likeness (QED) is 0.142. The molecule has 0 rings (SSSR count). The summed E-state index contributed by atoms with van der Waals surface area (Å²) in [5.74, 6) is -1.45. The van der Waals surface area contributed by atoms with E-state index in [0.717, 1.165) is 12.8 Å². The van der Waals surface area contributed by atoms with E-state index in [-0.39, 0.29) is 5.96 Å². The summed E-state index contributed by atoms with van der Waals surface area (Å²) in [5, 5.41) is 20.0. The lowest BCUT2D eigenvalue weighted by Crippen LogP contribution is -2.36. The third-order valence-corrected chi connectivity index (χ3v) is 4.19. The molecule has 1 unspecified atom stereocenters. The first kappa shape index (κ1) is 28.4. The first-order chi connectivity index (χ1) is 13.3. The Hall–Kier alpha value is -1.83. The molecular formula is C20H42N4O4. The second-order valence-corrected chi connectivity index (χ2v) is 6.87. The normalized spacial score (nSPS) is 11.2. The minimum atomic E-state index is -0.837. The van der Waals surface area contributed by atoms with Crippen molar-refractivity contribution < 1.29 is 19.8 Å². The van der Waals surface area contributed by atoms with Gasteiger partial charge in [0, 0.05) is 13.0 Å². The van der Waals surface area contributed by atoms with Gasteiger partial charge in [0.25, 0.3) is 0 Å². The Labute approximate surface area is 170 Å². The summed E-state index contributed by atoms with van der Waals surface area (Å²) in [6, 6.07) is -0.505. The fraction of sp³-hybridized carbons (Fsp3) is 0.850. The van der Waals surface area contributed by atoms with Crippen LogP contribution in [0, 0.1) is 0 Å². The molecule has 7 N–H and O–H groups in total. The van der Waals surface area contributed by atoms with Gasteiger partial charge in [-0.2, -0.15) is 0 Å². The van der Waals surface area contributed by atoms with E-state index in [4.69, 9.17) is 21.7 Å². The Morgan fingerprint density at radius 3 is 1.86 bits per heavy atom. The molecule has 0 amide bonds. The summed E-state index contributed by atoms with van der Waals surface area (Å²) in [6.07, 6.45) is 12.7. The molecule has 0 fully saturated rings. The second-order valence-electron chi connectivity index (χ2n) is 6.87. The zero-order valence-electron chi connectivity index (χ0n) is 17.8. The van der Waals surface area contributed by atoms with Crippen molar-refractivity contribution in [1.29, 1.82) is 0 Å². The number of rotatable bonds is 17. The molecule has 0 spiro atoms. The summed E-state index contributed by atoms with van der Waals surface area (Å²) < 4.78 is 0. The maximum Gasteiger partial charge on any atom is 0.320 e. The molecule has 0 saturated carbocycles. The summed E-state index contributed by atoms with van der Waals surface area (Å²) >= 11 is 0. The summed E-state index contributed by atoms with van der Waals surface area (Å²) in [5.41, 5.74) is 10.2. The SMILES string of the molecule is CCCCCCCCCCCC(=O)O.CCNC(CCCN=C(N)N)C(=O)O. The van der Waals surface area contributed by atoms with Gasteiger partial charge in [0.05, 0.1) is 0 Å². The van der Waals surface area contributed by atoms with E-state index in [0.29, 0.717) is 32.4 Å². The van der Waals surface area contributed by atoms with Crippen LogP contribution >= 0.6 is 0 Å². The lowest BCUT2D eigenvalue weighted by Gasteiger charge is -2.11. The number of aliphatic carboxylic acids is 2. The number of guanidine groups is 1. The lowest BCUT2D eigenvalue weighted by molar-refractivity contribution is -0.140. The highest BCUT2D eigenvalue weighted by Crippen LogP contribution is 2.10. The molecule has 0 aromatic rings. The van der Waals surface area contributed by atoms with Crippen LogP contribution in [0.4, 0.5) is 0 Å². The molecule has 0 heterocycles. The molecule has 28 heavy (non-hydrogen) atoms. The van der Waals surface area contributed by atoms with Gasteiger partial charge in [0.1, 0.15) is 6.04 Å². The molecule has 0 aliphatic rings. The van der Waals surface area contributed by atoms with E-state index in [1.807, 2.05) is 6.92 Å². The van der Waals surface area contributed by atoms with E-state index < -0.39 is 18.0 Å². The molecule has 0 aliphatic carbocycles. The fourth-order valence-corrected chi connectivity index (χ4v) is 2.65. The molecule has 0 radical (unpaired) electrons. The smallest absolute Gasteiger partial charge is 0.320 e. The number of nitrogens with one attached hydrogen (secondary N) is 1. The standard InChI is InChI=1S/C12H24O2.C8H18N4O2/c1-2-3-4-5-6-7-8-9-10-11-12(13)14;1-2-11-6(7(13)14)4-3-5-12-8(9)10/h2-11H2,1H3,(H,13,14);6,11H,2-5H2,1H3,(H,13,14)(H4,9,10,12). The van der Waals surface area contributed by atoms with Crippen LogP contribution in [0.25, 0.3) is 0 Å². The third kappa shape index (κ3) is 24.2. The maximum absolute atomic E-state index is 10.7. The predicted octanol–water partition coefficient (Wildman–Crippen LogP) is 3.09. The average molecular weight is 403 g/mol. The van der Waals surface area contributed by atoms with E-state index in [1.54, 1.807) is 0 Å². The summed E-state index contributed by atoms with van der Waals surface area (Å²) in [4.78, 5) is 24.6. The van der Waals surface area contributed by atoms with Gasteiger partial charge in [-0.1, -0.05) is 65.2 Å². The van der Waals surface area contributed by atoms with E-state index in [1.165, 1.54) is 44.9 Å². The first-order valence-electron chi connectivity index (χ1n) is 10.6. The number of carboxylic acid groups (broad SMARTS) is 2. The Bertz CT molecular complexity index is 413. The van der Waals surface area contributed by atoms with E-state index >= 15 is 0 Å². The zero-order valence-corrected chi connectivity index (χ0v) is 17.8. The number of nitrogens with zero attached hydrogens (tertiary/aromatic N) is 1. The number of hydrogen-bond acceptors (Lipinski definition) is 4. The Balaban J connectivity index is 0. The van der Waals surface area contributed by atoms with Crippen LogP contribution in [-0.4, -0.2) is 47.2 Å². The van der Waals surface area contributed by atoms with Crippen LogP contribution in [0.2, 0.25) is 0 Å². The number of carboxylic acids is 2. The number of unbranched alkanes of at least 4 members (excludes halogenated alkanes) is 8. The fourth-order valence-electron chi connectivity index (χ4n) is 2.65. The summed E-state index contributed by atoms with van der Waals surface area (Å²) in [6.45, 7) is 5.20. The minimum absolute atomic E-state index is 0.0420. The lowest BCUT2D eigenvalue weighted by atomic mass is 10.1. The van der Waals surface area contributed by atoms with Crippen molar-refractivity contribution in [2.75, 3.05) is 13.1 Å². The van der Waals surface area contributed by atoms with Crippen LogP contribution in [-0.2, 0) is 9.59 Å². The van der Waals surface area contributed by atoms with Crippen LogP contribution in [0.1, 0.15) is 90.9 Å². The Morgan fingerprint density at radius 1 is 0.893 bits per heavy atom. The second kappa shape index (κ2) is 21.5. The van der Waals surface area contributed by atoms with Crippen molar-refractivity contribution in [2.45, 2.75) is 96.9 Å². The first-order valence-corrected chi connectivity index (χ1v) is 10.6. The average Bonchev–Trinajstić information content (AvgIpc) is 2.63. The Morgan fingerprint density at radius 2 is 1.43 bits per heavy atom. The number of aliphatic imine (C=N–C) groups is 1. The summed E-state index contributed by atoms with van der Waals surface area (Å²) in [7, 11) is 0. The highest BCUT2D eigenvalue weighted by molar-refractivity contribution is 5.75. The van der Waals surface area contributed by atoms with E-state index in [2.05, 4.69) is 17.2 Å². The van der Waals surface area contributed by atoms with Gasteiger partial charge < -0.3 is 27.0 Å². The van der Waals surface area contributed by atoms with Gasteiger partial charge in [-0.15, -0.1) is 0 Å². The van der Waals surface area contributed by atoms with Crippen molar-refractivity contribution in [3.63, 3.8) is 0 Å². The van der Waals surface area contributed by atoms with Crippen LogP contribution < -0.4 is 16.8 Å². The molecule has 0 aromatic heterocycles. The Kier molecular flexibility index (Phi) is 21.8. The largest absolute Gasteiger partial charge is 0.481 e. The van der Waals surface area contributed by atoms with Crippen molar-refractivity contribution in [1.82, 2.24) is 5.32 Å². The monoisotopic (exact) mass is 402 g/mol. The van der Waals surface area contributed by atoms with Gasteiger partial charge >= 0.3 is 11.9 Å². The topological polar surface area (TPSA) is 151 Å². The van der Waals surface area contributed by atoms with Crippen LogP contribution in [0.5, 0.6) is 0 Å². The number of carbonyl (C=O) groups is 2. The number of hydrogen-bond donors (Lipinski definition) is 5. The number of nitrogens with two attached hydrogens (primary N) is 2. The molecule has 8 heteroatoms. The molecule has 0 aliphatic heterocycles. The van der Waals surface area contributed by atoms with E-state index in [9.17, 15) is 9.59 Å². The van der Waals surface area contributed by atoms with Crippen molar-refractivity contribution in [3.8, 4) is 0 Å². The van der Waals surface area contributed by atoms with Crippen LogP contribution in [0.15, 0.2) is 4.99 Å². The van der Waals surface area contributed by atoms with Crippen LogP contribution in [0.3, 0.4) is 0 Å². The zero-order chi connectivity index (χ0) is 21.6. The molecule has 8 nitrogen and oxygen atoms in total. The van der Waals surface area contributed by atoms with Gasteiger partial charge in [-0.05, 0) is 25.8 Å². The van der Waals surface area contributed by atoms with Gasteiger partial charge in [-0.25, -0.2) is 0 Å².